The standard InChI is InChI=1S/C18H16ClN3OS/c19-14-6-8-15(9-7-14)21-18(23)20-11-10-17-22-16(12-24-17)13-4-2-1-3-5-13/h1-9,12H,10-11H2,(H2,20,21,23). The number of nitrogens with one attached hydrogen (secondary N) is 2. The number of benzene rings is 2. The summed E-state index contributed by atoms with van der Waals surface area (Å²) >= 11 is 7.42. The van der Waals surface area contributed by atoms with Crippen LogP contribution in [0.2, 0.25) is 5.02 Å². The van der Waals surface area contributed by atoms with Gasteiger partial charge in [0.15, 0.2) is 0 Å². The van der Waals surface area contributed by atoms with Crippen LogP contribution in [0.5, 0.6) is 0 Å². The third-order valence-corrected chi connectivity index (χ3v) is 4.51. The number of rotatable bonds is 5. The third kappa shape index (κ3) is 4.57. The van der Waals surface area contributed by atoms with Crippen LogP contribution in [0.25, 0.3) is 11.3 Å². The number of halogens is 1. The molecule has 0 saturated heterocycles. The molecule has 0 saturated carbocycles. The van der Waals surface area contributed by atoms with Gasteiger partial charge >= 0.3 is 6.03 Å². The van der Waals surface area contributed by atoms with E-state index in [9.17, 15) is 4.79 Å². The molecule has 0 aliphatic heterocycles. The van der Waals surface area contributed by atoms with Gasteiger partial charge in [0.1, 0.15) is 0 Å². The van der Waals surface area contributed by atoms with Crippen molar-refractivity contribution < 1.29 is 4.79 Å². The van der Waals surface area contributed by atoms with Gasteiger partial charge in [-0.1, -0.05) is 41.9 Å². The monoisotopic (exact) mass is 357 g/mol. The first-order chi connectivity index (χ1) is 11.7. The van der Waals surface area contributed by atoms with Crippen molar-refractivity contribution >= 4 is 34.7 Å². The molecule has 0 fully saturated rings. The Labute approximate surface area is 149 Å². The summed E-state index contributed by atoms with van der Waals surface area (Å²) in [5.41, 5.74) is 2.78. The topological polar surface area (TPSA) is 54.0 Å². The summed E-state index contributed by atoms with van der Waals surface area (Å²) in [4.78, 5) is 16.4. The van der Waals surface area contributed by atoms with Gasteiger partial charge < -0.3 is 10.6 Å². The number of carbonyl (C=O) groups excluding carboxylic acids is 1. The fourth-order valence-electron chi connectivity index (χ4n) is 2.16. The molecule has 2 N–H and O–H groups in total. The Morgan fingerprint density at radius 2 is 1.83 bits per heavy atom. The van der Waals surface area contributed by atoms with Crippen LogP contribution in [0.4, 0.5) is 10.5 Å². The lowest BCUT2D eigenvalue weighted by molar-refractivity contribution is 0.252. The fraction of sp³-hybridized carbons (Fsp3) is 0.111. The second kappa shape index (κ2) is 7.95. The number of thiazole rings is 1. The molecule has 6 heteroatoms. The second-order valence-corrected chi connectivity index (χ2v) is 6.51. The molecule has 2 aromatic carbocycles. The predicted molar refractivity (Wildman–Crippen MR) is 99.7 cm³/mol. The number of aromatic nitrogens is 1. The molecule has 1 aromatic heterocycles. The number of nitrogens with zero attached hydrogens (tertiary/aromatic N) is 1. The Balaban J connectivity index is 1.47. The summed E-state index contributed by atoms with van der Waals surface area (Å²) < 4.78 is 0. The highest BCUT2D eigenvalue weighted by Gasteiger charge is 2.05. The molecule has 0 bridgehead atoms. The van der Waals surface area contributed by atoms with Crippen LogP contribution >= 0.6 is 22.9 Å². The maximum absolute atomic E-state index is 11.8. The van der Waals surface area contributed by atoms with Crippen molar-refractivity contribution in [3.05, 3.63) is 70.0 Å². The van der Waals surface area contributed by atoms with Gasteiger partial charge in [0, 0.05) is 34.6 Å². The van der Waals surface area contributed by atoms with Crippen LogP contribution in [0.15, 0.2) is 60.0 Å². The molecular weight excluding hydrogens is 342 g/mol. The molecule has 0 unspecified atom stereocenters. The Kier molecular flexibility index (Phi) is 5.46. The van der Waals surface area contributed by atoms with E-state index in [0.717, 1.165) is 16.3 Å². The quantitative estimate of drug-likeness (QED) is 0.687. The molecule has 3 rings (SSSR count). The average molecular weight is 358 g/mol. The van der Waals surface area contributed by atoms with Gasteiger partial charge in [-0.15, -0.1) is 11.3 Å². The van der Waals surface area contributed by atoms with Crippen molar-refractivity contribution in [2.45, 2.75) is 6.42 Å². The van der Waals surface area contributed by atoms with Gasteiger partial charge in [0.05, 0.1) is 10.7 Å². The molecule has 24 heavy (non-hydrogen) atoms. The van der Waals surface area contributed by atoms with Crippen LogP contribution in [-0.2, 0) is 6.42 Å². The van der Waals surface area contributed by atoms with E-state index in [-0.39, 0.29) is 6.03 Å². The van der Waals surface area contributed by atoms with Gasteiger partial charge in [-0.3, -0.25) is 0 Å². The van der Waals surface area contributed by atoms with Crippen molar-refractivity contribution in [3.63, 3.8) is 0 Å². The molecule has 2 amide bonds. The zero-order chi connectivity index (χ0) is 16.8. The molecule has 122 valence electrons. The van der Waals surface area contributed by atoms with Crippen molar-refractivity contribution in [2.24, 2.45) is 0 Å². The van der Waals surface area contributed by atoms with E-state index in [0.29, 0.717) is 23.7 Å². The lowest BCUT2D eigenvalue weighted by Crippen LogP contribution is -2.30. The van der Waals surface area contributed by atoms with Crippen molar-refractivity contribution in [3.8, 4) is 11.3 Å². The second-order valence-electron chi connectivity index (χ2n) is 5.13. The normalized spacial score (nSPS) is 10.4. The van der Waals surface area contributed by atoms with E-state index in [2.05, 4.69) is 15.6 Å². The SMILES string of the molecule is O=C(NCCc1nc(-c2ccccc2)cs1)Nc1ccc(Cl)cc1. The summed E-state index contributed by atoms with van der Waals surface area (Å²) in [6.07, 6.45) is 0.700. The van der Waals surface area contributed by atoms with Gasteiger partial charge in [-0.05, 0) is 24.3 Å². The molecule has 4 nitrogen and oxygen atoms in total. The van der Waals surface area contributed by atoms with Gasteiger partial charge in [-0.25, -0.2) is 9.78 Å². The molecule has 0 spiro atoms. The van der Waals surface area contributed by atoms with E-state index in [1.807, 2.05) is 35.7 Å². The zero-order valence-electron chi connectivity index (χ0n) is 12.8. The Morgan fingerprint density at radius 1 is 1.08 bits per heavy atom. The lowest BCUT2D eigenvalue weighted by Gasteiger charge is -2.06. The van der Waals surface area contributed by atoms with Gasteiger partial charge in [-0.2, -0.15) is 0 Å². The van der Waals surface area contributed by atoms with E-state index in [1.54, 1.807) is 35.6 Å². The summed E-state index contributed by atoms with van der Waals surface area (Å²) in [5.74, 6) is 0. The average Bonchev–Trinajstić information content (AvgIpc) is 3.07. The Bertz CT molecular complexity index is 803. The van der Waals surface area contributed by atoms with Crippen LogP contribution < -0.4 is 10.6 Å². The van der Waals surface area contributed by atoms with Gasteiger partial charge in [0.2, 0.25) is 0 Å². The number of hydrogen-bond acceptors (Lipinski definition) is 3. The maximum Gasteiger partial charge on any atom is 0.319 e. The molecule has 1 heterocycles. The van der Waals surface area contributed by atoms with E-state index < -0.39 is 0 Å². The van der Waals surface area contributed by atoms with E-state index in [1.165, 1.54) is 0 Å². The highest BCUT2D eigenvalue weighted by molar-refractivity contribution is 7.09. The van der Waals surface area contributed by atoms with Crippen LogP contribution in [0.1, 0.15) is 5.01 Å². The van der Waals surface area contributed by atoms with Crippen molar-refractivity contribution in [1.29, 1.82) is 0 Å². The van der Waals surface area contributed by atoms with Gasteiger partial charge in [0.25, 0.3) is 0 Å². The fourth-order valence-corrected chi connectivity index (χ4v) is 3.09. The molecule has 0 atom stereocenters. The lowest BCUT2D eigenvalue weighted by atomic mass is 10.2. The summed E-state index contributed by atoms with van der Waals surface area (Å²) in [5, 5.41) is 9.27. The largest absolute Gasteiger partial charge is 0.337 e. The summed E-state index contributed by atoms with van der Waals surface area (Å²) in [6.45, 7) is 0.529. The first kappa shape index (κ1) is 16.5. The third-order valence-electron chi connectivity index (χ3n) is 3.35. The first-order valence-corrected chi connectivity index (χ1v) is 8.77. The molecule has 3 aromatic rings. The summed E-state index contributed by atoms with van der Waals surface area (Å²) in [7, 11) is 0. The number of carbonyl (C=O) groups is 1. The minimum Gasteiger partial charge on any atom is -0.337 e. The smallest absolute Gasteiger partial charge is 0.319 e. The van der Waals surface area contributed by atoms with Crippen LogP contribution in [0, 0.1) is 0 Å². The number of anilines is 1. The molecular formula is C18H16ClN3OS. The number of amides is 2. The predicted octanol–water partition coefficient (Wildman–Crippen LogP) is 4.83. The van der Waals surface area contributed by atoms with Crippen molar-refractivity contribution in [1.82, 2.24) is 10.3 Å². The Hall–Kier alpha value is -2.37. The minimum atomic E-state index is -0.239. The summed E-state index contributed by atoms with van der Waals surface area (Å²) in [6, 6.07) is 16.8. The first-order valence-electron chi connectivity index (χ1n) is 7.51. The molecule has 0 aliphatic rings. The van der Waals surface area contributed by atoms with Crippen LogP contribution in [0.3, 0.4) is 0 Å². The molecule has 0 radical (unpaired) electrons. The Morgan fingerprint density at radius 3 is 2.58 bits per heavy atom. The molecule has 0 aliphatic carbocycles. The van der Waals surface area contributed by atoms with E-state index in [4.69, 9.17) is 11.6 Å². The number of urea groups is 1. The maximum atomic E-state index is 11.8. The highest BCUT2D eigenvalue weighted by atomic mass is 35.5. The highest BCUT2D eigenvalue weighted by Crippen LogP contribution is 2.21. The zero-order valence-corrected chi connectivity index (χ0v) is 14.4. The van der Waals surface area contributed by atoms with E-state index >= 15 is 0 Å². The minimum absolute atomic E-state index is 0.239. The number of hydrogen-bond donors (Lipinski definition) is 2. The van der Waals surface area contributed by atoms with Crippen molar-refractivity contribution in [2.75, 3.05) is 11.9 Å². The van der Waals surface area contributed by atoms with Crippen LogP contribution in [-0.4, -0.2) is 17.6 Å².